The number of rotatable bonds is 5. The number of benzene rings is 3. The van der Waals surface area contributed by atoms with Crippen molar-refractivity contribution in [1.82, 2.24) is 0 Å². The first-order valence-electron chi connectivity index (χ1n) is 7.77. The number of para-hydroxylation sites is 1. The normalized spacial score (nSPS) is 10.6. The molecule has 1 N–H and O–H groups in total. The lowest BCUT2D eigenvalue weighted by molar-refractivity contribution is -0.111. The van der Waals surface area contributed by atoms with Crippen molar-refractivity contribution < 1.29 is 13.9 Å². The molecule has 0 saturated heterocycles. The highest BCUT2D eigenvalue weighted by molar-refractivity contribution is 6.01. The van der Waals surface area contributed by atoms with Gasteiger partial charge in [0.05, 0.1) is 0 Å². The second-order valence-electron chi connectivity index (χ2n) is 5.32. The molecule has 0 bridgehead atoms. The molecular weight excluding hydrogens is 317 g/mol. The summed E-state index contributed by atoms with van der Waals surface area (Å²) in [6.07, 6.45) is 2.93. The second kappa shape index (κ2) is 7.93. The first-order chi connectivity index (χ1) is 12.2. The van der Waals surface area contributed by atoms with Gasteiger partial charge in [0, 0.05) is 11.8 Å². The molecule has 3 rings (SSSR count). The molecule has 0 unspecified atom stereocenters. The van der Waals surface area contributed by atoms with Crippen LogP contribution in [0.2, 0.25) is 0 Å². The van der Waals surface area contributed by atoms with Crippen molar-refractivity contribution >= 4 is 17.7 Å². The number of halogens is 1. The van der Waals surface area contributed by atoms with E-state index in [-0.39, 0.29) is 11.7 Å². The van der Waals surface area contributed by atoms with Gasteiger partial charge in [-0.1, -0.05) is 30.3 Å². The van der Waals surface area contributed by atoms with Crippen molar-refractivity contribution in [2.45, 2.75) is 0 Å². The number of nitrogens with one attached hydrogen (secondary N) is 1. The molecule has 0 radical (unpaired) electrons. The molecule has 0 fully saturated rings. The number of ether oxygens (including phenoxy) is 1. The molecule has 3 aromatic rings. The van der Waals surface area contributed by atoms with Crippen molar-refractivity contribution in [3.63, 3.8) is 0 Å². The van der Waals surface area contributed by atoms with Crippen molar-refractivity contribution in [1.29, 1.82) is 0 Å². The van der Waals surface area contributed by atoms with E-state index in [2.05, 4.69) is 5.32 Å². The summed E-state index contributed by atoms with van der Waals surface area (Å²) < 4.78 is 18.8. The highest BCUT2D eigenvalue weighted by atomic mass is 19.1. The topological polar surface area (TPSA) is 38.3 Å². The average molecular weight is 333 g/mol. The van der Waals surface area contributed by atoms with Crippen LogP contribution in [0.4, 0.5) is 10.1 Å². The molecule has 0 spiro atoms. The number of carbonyl (C=O) groups is 1. The number of amides is 1. The van der Waals surface area contributed by atoms with Crippen LogP contribution in [0, 0.1) is 5.82 Å². The third-order valence-corrected chi connectivity index (χ3v) is 3.38. The summed E-state index contributed by atoms with van der Waals surface area (Å²) in [5, 5.41) is 2.74. The van der Waals surface area contributed by atoms with Crippen LogP contribution in [0.3, 0.4) is 0 Å². The Kier molecular flexibility index (Phi) is 5.22. The fourth-order valence-corrected chi connectivity index (χ4v) is 2.20. The van der Waals surface area contributed by atoms with Gasteiger partial charge in [-0.05, 0) is 60.2 Å². The third-order valence-electron chi connectivity index (χ3n) is 3.38. The standard InChI is InChI=1S/C21H16FNO2/c22-17-6-4-5-16(15-17)9-14-21(24)23-18-10-12-20(13-11-18)25-19-7-2-1-3-8-19/h1-15H,(H,23,24)/b14-9+. The summed E-state index contributed by atoms with van der Waals surface area (Å²) in [5.74, 6) is 0.800. The van der Waals surface area contributed by atoms with E-state index in [0.29, 0.717) is 17.0 Å². The minimum Gasteiger partial charge on any atom is -0.457 e. The number of hydrogen-bond acceptors (Lipinski definition) is 2. The molecule has 0 aromatic heterocycles. The fraction of sp³-hybridized carbons (Fsp3) is 0. The van der Waals surface area contributed by atoms with Crippen LogP contribution < -0.4 is 10.1 Å². The Bertz CT molecular complexity index is 874. The molecule has 3 nitrogen and oxygen atoms in total. The maximum Gasteiger partial charge on any atom is 0.248 e. The molecule has 25 heavy (non-hydrogen) atoms. The Hall–Kier alpha value is -3.40. The van der Waals surface area contributed by atoms with Gasteiger partial charge in [-0.25, -0.2) is 4.39 Å². The average Bonchev–Trinajstić information content (AvgIpc) is 2.63. The molecule has 0 aliphatic rings. The van der Waals surface area contributed by atoms with Gasteiger partial charge in [0.2, 0.25) is 5.91 Å². The Balaban J connectivity index is 1.58. The zero-order chi connectivity index (χ0) is 17.5. The van der Waals surface area contributed by atoms with Gasteiger partial charge >= 0.3 is 0 Å². The molecule has 1 amide bonds. The zero-order valence-corrected chi connectivity index (χ0v) is 13.4. The minimum absolute atomic E-state index is 0.291. The Labute approximate surface area is 145 Å². The van der Waals surface area contributed by atoms with Crippen LogP contribution in [0.25, 0.3) is 6.08 Å². The van der Waals surface area contributed by atoms with E-state index in [1.165, 1.54) is 18.2 Å². The van der Waals surface area contributed by atoms with Gasteiger partial charge in [0.15, 0.2) is 0 Å². The van der Waals surface area contributed by atoms with Crippen LogP contribution in [-0.2, 0) is 4.79 Å². The molecule has 4 heteroatoms. The molecular formula is C21H16FNO2. The molecule has 0 aliphatic carbocycles. The van der Waals surface area contributed by atoms with Gasteiger partial charge < -0.3 is 10.1 Å². The van der Waals surface area contributed by atoms with Crippen molar-refractivity contribution in [2.75, 3.05) is 5.32 Å². The maximum absolute atomic E-state index is 13.1. The lowest BCUT2D eigenvalue weighted by atomic mass is 10.2. The fourth-order valence-electron chi connectivity index (χ4n) is 2.20. The van der Waals surface area contributed by atoms with Crippen molar-refractivity contribution in [2.24, 2.45) is 0 Å². The number of anilines is 1. The van der Waals surface area contributed by atoms with E-state index in [9.17, 15) is 9.18 Å². The SMILES string of the molecule is O=C(/C=C/c1cccc(F)c1)Nc1ccc(Oc2ccccc2)cc1. The van der Waals surface area contributed by atoms with Crippen LogP contribution >= 0.6 is 0 Å². The van der Waals surface area contributed by atoms with Crippen LogP contribution in [0.5, 0.6) is 11.5 Å². The Morgan fingerprint density at radius 3 is 2.32 bits per heavy atom. The van der Waals surface area contributed by atoms with Crippen LogP contribution in [0.15, 0.2) is 84.9 Å². The molecule has 0 aliphatic heterocycles. The smallest absolute Gasteiger partial charge is 0.248 e. The summed E-state index contributed by atoms with van der Waals surface area (Å²) >= 11 is 0. The van der Waals surface area contributed by atoms with E-state index in [1.807, 2.05) is 30.3 Å². The Morgan fingerprint density at radius 1 is 0.880 bits per heavy atom. The quantitative estimate of drug-likeness (QED) is 0.646. The van der Waals surface area contributed by atoms with Crippen LogP contribution in [-0.4, -0.2) is 5.91 Å². The summed E-state index contributed by atoms with van der Waals surface area (Å²) in [6.45, 7) is 0. The van der Waals surface area contributed by atoms with Crippen molar-refractivity contribution in [3.05, 3.63) is 96.3 Å². The predicted octanol–water partition coefficient (Wildman–Crippen LogP) is 5.27. The maximum atomic E-state index is 13.1. The molecule has 124 valence electrons. The van der Waals surface area contributed by atoms with E-state index < -0.39 is 0 Å². The first-order valence-corrected chi connectivity index (χ1v) is 7.77. The molecule has 0 heterocycles. The Morgan fingerprint density at radius 2 is 1.60 bits per heavy atom. The number of hydrogen-bond donors (Lipinski definition) is 1. The summed E-state index contributed by atoms with van der Waals surface area (Å²) in [7, 11) is 0. The lowest BCUT2D eigenvalue weighted by Gasteiger charge is -2.07. The van der Waals surface area contributed by atoms with Crippen molar-refractivity contribution in [3.8, 4) is 11.5 Å². The van der Waals surface area contributed by atoms with E-state index in [0.717, 1.165) is 5.75 Å². The summed E-state index contributed by atoms with van der Waals surface area (Å²) in [4.78, 5) is 11.9. The van der Waals surface area contributed by atoms with Crippen LogP contribution in [0.1, 0.15) is 5.56 Å². The zero-order valence-electron chi connectivity index (χ0n) is 13.4. The highest BCUT2D eigenvalue weighted by Crippen LogP contribution is 2.22. The van der Waals surface area contributed by atoms with Gasteiger partial charge in [-0.3, -0.25) is 4.79 Å². The predicted molar refractivity (Wildman–Crippen MR) is 97.0 cm³/mol. The third kappa shape index (κ3) is 5.04. The largest absolute Gasteiger partial charge is 0.457 e. The van der Waals surface area contributed by atoms with E-state index >= 15 is 0 Å². The summed E-state index contributed by atoms with van der Waals surface area (Å²) in [6, 6.07) is 22.6. The number of carbonyl (C=O) groups excluding carboxylic acids is 1. The molecule has 3 aromatic carbocycles. The minimum atomic E-state index is -0.337. The highest BCUT2D eigenvalue weighted by Gasteiger charge is 2.00. The second-order valence-corrected chi connectivity index (χ2v) is 5.32. The van der Waals surface area contributed by atoms with Gasteiger partial charge in [-0.2, -0.15) is 0 Å². The van der Waals surface area contributed by atoms with Gasteiger partial charge in [0.1, 0.15) is 17.3 Å². The summed E-state index contributed by atoms with van der Waals surface area (Å²) in [5.41, 5.74) is 1.27. The molecule has 0 saturated carbocycles. The van der Waals surface area contributed by atoms with Gasteiger partial charge in [0.25, 0.3) is 0 Å². The first kappa shape index (κ1) is 16.5. The van der Waals surface area contributed by atoms with E-state index in [4.69, 9.17) is 4.74 Å². The lowest BCUT2D eigenvalue weighted by Crippen LogP contribution is -2.07. The monoisotopic (exact) mass is 333 g/mol. The molecule has 0 atom stereocenters. The van der Waals surface area contributed by atoms with Gasteiger partial charge in [-0.15, -0.1) is 0 Å². The van der Waals surface area contributed by atoms with E-state index in [1.54, 1.807) is 42.5 Å².